The van der Waals surface area contributed by atoms with Crippen LogP contribution in [0.2, 0.25) is 0 Å². The van der Waals surface area contributed by atoms with Crippen molar-refractivity contribution in [3.05, 3.63) is 90.0 Å². The standard InChI is InChI=1S/C27H28N4O4/c1-18(26(31-28)30-27(17-34-27)35-19(2)21-6-4-3-5-7-21)29-24-14-12-23(13-15-24)22-10-8-20(9-11-22)16-25(32)33/h3-15,19H,16-17,28H2,1-2H3,(H,30,31)(H,32,33)/t19-,27?/m1/s1. The summed E-state index contributed by atoms with van der Waals surface area (Å²) in [7, 11) is 0. The molecule has 0 amide bonds. The van der Waals surface area contributed by atoms with Crippen LogP contribution in [0.3, 0.4) is 0 Å². The number of epoxide rings is 1. The summed E-state index contributed by atoms with van der Waals surface area (Å²) >= 11 is 0. The van der Waals surface area contributed by atoms with Crippen LogP contribution < -0.4 is 11.3 Å². The summed E-state index contributed by atoms with van der Waals surface area (Å²) in [6.07, 6.45) is -0.195. The molecule has 35 heavy (non-hydrogen) atoms. The molecule has 8 nitrogen and oxygen atoms in total. The second-order valence-corrected chi connectivity index (χ2v) is 8.29. The third-order valence-corrected chi connectivity index (χ3v) is 5.59. The van der Waals surface area contributed by atoms with E-state index in [9.17, 15) is 4.79 Å². The molecule has 1 saturated heterocycles. The van der Waals surface area contributed by atoms with Crippen LogP contribution in [0, 0.1) is 0 Å². The molecular weight excluding hydrogens is 444 g/mol. The molecule has 2 atom stereocenters. The minimum absolute atomic E-state index is 0.00874. The van der Waals surface area contributed by atoms with Crippen LogP contribution >= 0.6 is 0 Å². The molecule has 1 aliphatic heterocycles. The molecule has 3 aromatic rings. The lowest BCUT2D eigenvalue weighted by Crippen LogP contribution is -2.37. The van der Waals surface area contributed by atoms with Crippen LogP contribution in [0.25, 0.3) is 11.1 Å². The summed E-state index contributed by atoms with van der Waals surface area (Å²) in [6, 6.07) is 25.1. The first-order valence-corrected chi connectivity index (χ1v) is 11.3. The average molecular weight is 473 g/mol. The van der Waals surface area contributed by atoms with Gasteiger partial charge in [-0.05, 0) is 48.2 Å². The van der Waals surface area contributed by atoms with E-state index in [-0.39, 0.29) is 12.5 Å². The van der Waals surface area contributed by atoms with Gasteiger partial charge < -0.3 is 20.0 Å². The first-order valence-electron chi connectivity index (χ1n) is 11.3. The normalized spacial score (nSPS) is 18.7. The summed E-state index contributed by atoms with van der Waals surface area (Å²) in [5.74, 6) is 4.19. The predicted molar refractivity (Wildman–Crippen MR) is 135 cm³/mol. The molecular formula is C27H28N4O4. The van der Waals surface area contributed by atoms with Gasteiger partial charge in [-0.3, -0.25) is 4.79 Å². The number of ether oxygens (including phenoxy) is 2. The quantitative estimate of drug-likeness (QED) is 0.140. The number of amidine groups is 1. The fraction of sp³-hybridized carbons (Fsp3) is 0.222. The zero-order chi connectivity index (χ0) is 24.8. The summed E-state index contributed by atoms with van der Waals surface area (Å²) in [6.45, 7) is 4.10. The van der Waals surface area contributed by atoms with Crippen LogP contribution in [0.15, 0.2) is 88.8 Å². The fourth-order valence-electron chi connectivity index (χ4n) is 3.64. The molecule has 1 aliphatic rings. The zero-order valence-electron chi connectivity index (χ0n) is 19.6. The van der Waals surface area contributed by atoms with Gasteiger partial charge in [0.15, 0.2) is 5.84 Å². The molecule has 1 unspecified atom stereocenters. The molecule has 0 bridgehead atoms. The van der Waals surface area contributed by atoms with Crippen molar-refractivity contribution in [2.24, 2.45) is 15.8 Å². The van der Waals surface area contributed by atoms with E-state index in [1.54, 1.807) is 0 Å². The second-order valence-electron chi connectivity index (χ2n) is 8.29. The van der Waals surface area contributed by atoms with Crippen molar-refractivity contribution in [3.8, 4) is 11.1 Å². The van der Waals surface area contributed by atoms with E-state index in [4.69, 9.17) is 20.4 Å². The number of hydrogen-bond acceptors (Lipinski definition) is 6. The smallest absolute Gasteiger partial charge is 0.307 e. The number of rotatable bonds is 9. The molecule has 3 aromatic carbocycles. The molecule has 0 aliphatic carbocycles. The second kappa shape index (κ2) is 10.6. The first kappa shape index (κ1) is 24.3. The highest BCUT2D eigenvalue weighted by atomic mass is 16.8. The van der Waals surface area contributed by atoms with E-state index in [1.807, 2.05) is 92.7 Å². The Morgan fingerprint density at radius 2 is 1.69 bits per heavy atom. The number of aliphatic imine (C=N–C) groups is 2. The van der Waals surface area contributed by atoms with Gasteiger partial charge in [-0.1, -0.05) is 66.7 Å². The third-order valence-electron chi connectivity index (χ3n) is 5.59. The SMILES string of the molecule is CC(=Nc1ccc(-c2ccc(CC(=O)O)cc2)cc1)/C(=N/C1(O[C@H](C)c2ccccc2)CO1)NN. The van der Waals surface area contributed by atoms with Gasteiger partial charge in [0.25, 0.3) is 5.91 Å². The summed E-state index contributed by atoms with van der Waals surface area (Å²) < 4.78 is 11.6. The van der Waals surface area contributed by atoms with Gasteiger partial charge in [-0.25, -0.2) is 15.8 Å². The monoisotopic (exact) mass is 472 g/mol. The minimum Gasteiger partial charge on any atom is -0.481 e. The molecule has 0 aromatic heterocycles. The lowest BCUT2D eigenvalue weighted by Gasteiger charge is -2.17. The molecule has 4 rings (SSSR count). The Kier molecular flexibility index (Phi) is 7.36. The van der Waals surface area contributed by atoms with E-state index in [0.29, 0.717) is 18.2 Å². The third kappa shape index (κ3) is 6.39. The number of benzene rings is 3. The fourth-order valence-corrected chi connectivity index (χ4v) is 3.64. The lowest BCUT2D eigenvalue weighted by molar-refractivity contribution is -0.136. The summed E-state index contributed by atoms with van der Waals surface area (Å²) in [5, 5.41) is 8.92. The Bertz CT molecular complexity index is 1220. The zero-order valence-corrected chi connectivity index (χ0v) is 19.6. The number of aliphatic carboxylic acids is 1. The van der Waals surface area contributed by atoms with Gasteiger partial charge in [0.2, 0.25) is 0 Å². The molecule has 4 N–H and O–H groups in total. The highest BCUT2D eigenvalue weighted by Crippen LogP contribution is 2.36. The number of carboxylic acid groups (broad SMARTS) is 1. The van der Waals surface area contributed by atoms with Gasteiger partial charge in [-0.15, -0.1) is 0 Å². The Balaban J connectivity index is 1.45. The molecule has 1 fully saturated rings. The maximum atomic E-state index is 10.9. The van der Waals surface area contributed by atoms with Gasteiger partial charge in [-0.2, -0.15) is 0 Å². The summed E-state index contributed by atoms with van der Waals surface area (Å²) in [4.78, 5) is 20.0. The van der Waals surface area contributed by atoms with Crippen LogP contribution in [-0.4, -0.2) is 35.1 Å². The Hall–Kier alpha value is -3.85. The first-order chi connectivity index (χ1) is 16.9. The van der Waals surface area contributed by atoms with Crippen LogP contribution in [0.4, 0.5) is 5.69 Å². The lowest BCUT2D eigenvalue weighted by atomic mass is 10.0. The summed E-state index contributed by atoms with van der Waals surface area (Å²) in [5.41, 5.74) is 7.72. The molecule has 0 radical (unpaired) electrons. The number of carboxylic acids is 1. The Morgan fingerprint density at radius 1 is 1.09 bits per heavy atom. The highest BCUT2D eigenvalue weighted by molar-refractivity contribution is 6.40. The number of nitrogens with zero attached hydrogens (tertiary/aromatic N) is 2. The predicted octanol–water partition coefficient (Wildman–Crippen LogP) is 4.40. The molecule has 8 heteroatoms. The van der Waals surface area contributed by atoms with Gasteiger partial charge in [0.05, 0.1) is 23.9 Å². The number of carbonyl (C=O) groups is 1. The number of hydrazine groups is 1. The highest BCUT2D eigenvalue weighted by Gasteiger charge is 2.49. The molecule has 1 heterocycles. The van der Waals surface area contributed by atoms with Gasteiger partial charge >= 0.3 is 5.97 Å². The van der Waals surface area contributed by atoms with Crippen molar-refractivity contribution in [1.82, 2.24) is 5.43 Å². The largest absolute Gasteiger partial charge is 0.481 e. The minimum atomic E-state index is -1.08. The Labute approximate surface area is 204 Å². The van der Waals surface area contributed by atoms with Crippen molar-refractivity contribution in [2.75, 3.05) is 6.61 Å². The van der Waals surface area contributed by atoms with Crippen molar-refractivity contribution in [1.29, 1.82) is 0 Å². The van der Waals surface area contributed by atoms with Crippen molar-refractivity contribution < 1.29 is 19.4 Å². The van der Waals surface area contributed by atoms with Crippen molar-refractivity contribution >= 4 is 23.2 Å². The van der Waals surface area contributed by atoms with E-state index in [2.05, 4.69) is 15.4 Å². The van der Waals surface area contributed by atoms with Crippen molar-refractivity contribution in [2.45, 2.75) is 32.3 Å². The molecule has 180 valence electrons. The van der Waals surface area contributed by atoms with E-state index >= 15 is 0 Å². The topological polar surface area (TPSA) is 122 Å². The van der Waals surface area contributed by atoms with E-state index in [1.165, 1.54) is 0 Å². The molecule has 0 saturated carbocycles. The van der Waals surface area contributed by atoms with Crippen LogP contribution in [0.5, 0.6) is 0 Å². The van der Waals surface area contributed by atoms with Crippen molar-refractivity contribution in [3.63, 3.8) is 0 Å². The molecule has 0 spiro atoms. The van der Waals surface area contributed by atoms with Gasteiger partial charge in [0, 0.05) is 0 Å². The number of hydrogen-bond donors (Lipinski definition) is 3. The van der Waals surface area contributed by atoms with Crippen LogP contribution in [-0.2, 0) is 20.7 Å². The number of nitrogens with two attached hydrogens (primary N) is 1. The average Bonchev–Trinajstić information content (AvgIpc) is 3.62. The maximum absolute atomic E-state index is 10.9. The van der Waals surface area contributed by atoms with E-state index in [0.717, 1.165) is 27.9 Å². The maximum Gasteiger partial charge on any atom is 0.307 e. The van der Waals surface area contributed by atoms with Gasteiger partial charge in [0.1, 0.15) is 6.61 Å². The van der Waals surface area contributed by atoms with E-state index < -0.39 is 11.9 Å². The number of nitrogens with one attached hydrogen (secondary N) is 1. The Morgan fingerprint density at radius 3 is 2.23 bits per heavy atom. The van der Waals surface area contributed by atoms with Crippen LogP contribution in [0.1, 0.15) is 31.1 Å².